The Kier molecular flexibility index (Phi) is 7.04. The third-order valence-electron chi connectivity index (χ3n) is 5.17. The van der Waals surface area contributed by atoms with Gasteiger partial charge in [0.25, 0.3) is 15.9 Å². The summed E-state index contributed by atoms with van der Waals surface area (Å²) < 4.78 is 33.2. The van der Waals surface area contributed by atoms with Crippen LogP contribution in [0.15, 0.2) is 83.8 Å². The third kappa shape index (κ3) is 5.37. The molecule has 5 nitrogen and oxygen atoms in total. The lowest BCUT2D eigenvalue weighted by Gasteiger charge is -2.23. The van der Waals surface area contributed by atoms with Gasteiger partial charge in [-0.25, -0.2) is 8.42 Å². The summed E-state index contributed by atoms with van der Waals surface area (Å²) in [7, 11) is -4.10. The summed E-state index contributed by atoms with van der Waals surface area (Å²) >= 11 is 0. The Labute approximate surface area is 190 Å². The predicted octanol–water partition coefficient (Wildman–Crippen LogP) is 5.35. The van der Waals surface area contributed by atoms with Crippen LogP contribution in [0.2, 0.25) is 0 Å². The van der Waals surface area contributed by atoms with E-state index in [-0.39, 0.29) is 16.0 Å². The number of amides is 1. The molecule has 3 aromatic carbocycles. The van der Waals surface area contributed by atoms with Crippen LogP contribution in [0.5, 0.6) is 5.75 Å². The van der Waals surface area contributed by atoms with Gasteiger partial charge in [-0.1, -0.05) is 70.2 Å². The second-order valence-electron chi connectivity index (χ2n) is 8.56. The minimum atomic E-state index is -4.10. The molecule has 0 fully saturated rings. The Balaban J connectivity index is 1.88. The zero-order valence-electron chi connectivity index (χ0n) is 18.9. The highest BCUT2D eigenvalue weighted by Gasteiger charge is 2.31. The molecule has 0 saturated heterocycles. The number of anilines is 1. The summed E-state index contributed by atoms with van der Waals surface area (Å²) in [4.78, 5) is 13.2. The maximum absolute atomic E-state index is 13.3. The molecule has 168 valence electrons. The van der Waals surface area contributed by atoms with Gasteiger partial charge < -0.3 is 4.74 Å². The van der Waals surface area contributed by atoms with Gasteiger partial charge in [-0.3, -0.25) is 4.79 Å². The van der Waals surface area contributed by atoms with Crippen molar-refractivity contribution in [3.8, 4) is 5.75 Å². The molecule has 0 unspecified atom stereocenters. The molecule has 3 rings (SSSR count). The monoisotopic (exact) mass is 451 g/mol. The molecule has 0 saturated carbocycles. The summed E-state index contributed by atoms with van der Waals surface area (Å²) in [5, 5.41) is 0. The number of hydrogen-bond donors (Lipinski definition) is 0. The maximum Gasteiger partial charge on any atom is 0.278 e. The van der Waals surface area contributed by atoms with Crippen LogP contribution in [0, 0.1) is 0 Å². The van der Waals surface area contributed by atoms with Crippen LogP contribution in [-0.2, 0) is 26.7 Å². The number of nitrogens with zero attached hydrogens (tertiary/aromatic N) is 1. The van der Waals surface area contributed by atoms with Crippen LogP contribution in [0.3, 0.4) is 0 Å². The topological polar surface area (TPSA) is 63.7 Å². The number of carbonyl (C=O) groups excluding carboxylic acids is 1. The van der Waals surface area contributed by atoms with Crippen LogP contribution in [0.25, 0.3) is 0 Å². The second-order valence-corrected chi connectivity index (χ2v) is 10.3. The molecule has 0 aliphatic heterocycles. The van der Waals surface area contributed by atoms with Crippen molar-refractivity contribution in [1.29, 1.82) is 0 Å². The predicted molar refractivity (Wildman–Crippen MR) is 128 cm³/mol. The summed E-state index contributed by atoms with van der Waals surface area (Å²) in [5.41, 5.74) is 2.47. The molecule has 0 aromatic heterocycles. The van der Waals surface area contributed by atoms with E-state index in [9.17, 15) is 13.2 Å². The first-order chi connectivity index (χ1) is 15.1. The van der Waals surface area contributed by atoms with Crippen LogP contribution in [-0.4, -0.2) is 20.9 Å². The summed E-state index contributed by atoms with van der Waals surface area (Å²) in [6.45, 7) is 7.95. The lowest BCUT2D eigenvalue weighted by molar-refractivity contribution is -0.119. The SMILES string of the molecule is CCc1ccc(N(C(=O)COc2ccc(C(C)(C)C)cc2)S(=O)(=O)c2ccccc2)cc1. The molecule has 32 heavy (non-hydrogen) atoms. The van der Waals surface area contributed by atoms with Gasteiger partial charge in [0.1, 0.15) is 5.75 Å². The van der Waals surface area contributed by atoms with Gasteiger partial charge in [0.2, 0.25) is 0 Å². The van der Waals surface area contributed by atoms with Crippen molar-refractivity contribution in [1.82, 2.24) is 0 Å². The zero-order chi connectivity index (χ0) is 23.4. The highest BCUT2D eigenvalue weighted by molar-refractivity contribution is 7.93. The summed E-state index contributed by atoms with van der Waals surface area (Å²) in [5.74, 6) is -0.164. The average Bonchev–Trinajstić information content (AvgIpc) is 2.78. The largest absolute Gasteiger partial charge is 0.484 e. The first-order valence-electron chi connectivity index (χ1n) is 10.6. The molecule has 6 heteroatoms. The van der Waals surface area contributed by atoms with E-state index in [4.69, 9.17) is 4.74 Å². The van der Waals surface area contributed by atoms with Crippen molar-refractivity contribution in [2.75, 3.05) is 10.9 Å². The Morgan fingerprint density at radius 2 is 1.47 bits per heavy atom. The lowest BCUT2D eigenvalue weighted by Crippen LogP contribution is -2.40. The minimum Gasteiger partial charge on any atom is -0.484 e. The fourth-order valence-electron chi connectivity index (χ4n) is 3.24. The molecule has 1 amide bonds. The Morgan fingerprint density at radius 1 is 0.875 bits per heavy atom. The standard InChI is InChI=1S/C26H29NO4S/c1-5-20-11-15-22(16-12-20)27(32(29,30)24-9-7-6-8-10-24)25(28)19-31-23-17-13-21(14-18-23)26(2,3)4/h6-18H,5,19H2,1-4H3. The van der Waals surface area contributed by atoms with Gasteiger partial charge in [-0.05, 0) is 59.4 Å². The second kappa shape index (κ2) is 9.57. The van der Waals surface area contributed by atoms with Crippen molar-refractivity contribution in [2.24, 2.45) is 0 Å². The number of hydrogen-bond acceptors (Lipinski definition) is 4. The van der Waals surface area contributed by atoms with E-state index in [2.05, 4.69) is 20.8 Å². The molecule has 0 aliphatic carbocycles. The van der Waals surface area contributed by atoms with Gasteiger partial charge >= 0.3 is 0 Å². The van der Waals surface area contributed by atoms with Gasteiger partial charge in [-0.15, -0.1) is 0 Å². The Hall–Kier alpha value is -3.12. The quantitative estimate of drug-likeness (QED) is 0.486. The maximum atomic E-state index is 13.3. The minimum absolute atomic E-state index is 0.000434. The van der Waals surface area contributed by atoms with E-state index in [0.29, 0.717) is 5.75 Å². The smallest absolute Gasteiger partial charge is 0.278 e. The Bertz CT molecular complexity index is 1150. The van der Waals surface area contributed by atoms with E-state index in [0.717, 1.165) is 21.9 Å². The van der Waals surface area contributed by atoms with Crippen LogP contribution in [0.4, 0.5) is 5.69 Å². The Morgan fingerprint density at radius 3 is 2.00 bits per heavy atom. The van der Waals surface area contributed by atoms with Crippen molar-refractivity contribution >= 4 is 21.6 Å². The summed E-state index contributed by atoms with van der Waals surface area (Å²) in [6.07, 6.45) is 0.813. The normalized spacial score (nSPS) is 11.8. The van der Waals surface area contributed by atoms with E-state index in [1.165, 1.54) is 12.1 Å². The van der Waals surface area contributed by atoms with E-state index < -0.39 is 22.5 Å². The third-order valence-corrected chi connectivity index (χ3v) is 6.93. The molecule has 0 radical (unpaired) electrons. The van der Waals surface area contributed by atoms with Gasteiger partial charge in [0, 0.05) is 0 Å². The fourth-order valence-corrected chi connectivity index (χ4v) is 4.67. The van der Waals surface area contributed by atoms with Crippen LogP contribution < -0.4 is 9.04 Å². The molecule has 0 heterocycles. The molecule has 0 spiro atoms. The highest BCUT2D eigenvalue weighted by Crippen LogP contribution is 2.26. The highest BCUT2D eigenvalue weighted by atomic mass is 32.2. The van der Waals surface area contributed by atoms with Crippen LogP contribution in [0.1, 0.15) is 38.8 Å². The van der Waals surface area contributed by atoms with Crippen LogP contribution >= 0.6 is 0 Å². The number of benzene rings is 3. The van der Waals surface area contributed by atoms with Crippen molar-refractivity contribution in [3.63, 3.8) is 0 Å². The molecule has 0 N–H and O–H groups in total. The molecule has 0 bridgehead atoms. The van der Waals surface area contributed by atoms with Gasteiger partial charge in [0.15, 0.2) is 6.61 Å². The zero-order valence-corrected chi connectivity index (χ0v) is 19.7. The van der Waals surface area contributed by atoms with E-state index in [1.54, 1.807) is 42.5 Å². The summed E-state index contributed by atoms with van der Waals surface area (Å²) in [6, 6.07) is 22.3. The average molecular weight is 452 g/mol. The van der Waals surface area contributed by atoms with Gasteiger partial charge in [-0.2, -0.15) is 4.31 Å². The number of rotatable bonds is 7. The van der Waals surface area contributed by atoms with Crippen molar-refractivity contribution in [2.45, 2.75) is 44.4 Å². The molecular formula is C26H29NO4S. The first-order valence-corrected chi connectivity index (χ1v) is 12.0. The molecule has 0 aliphatic rings. The van der Waals surface area contributed by atoms with Crippen molar-refractivity contribution in [3.05, 3.63) is 90.0 Å². The number of ether oxygens (including phenoxy) is 1. The first kappa shape index (κ1) is 23.5. The van der Waals surface area contributed by atoms with Gasteiger partial charge in [0.05, 0.1) is 10.6 Å². The number of carbonyl (C=O) groups is 1. The molecule has 0 atom stereocenters. The molecular weight excluding hydrogens is 422 g/mol. The number of sulfonamides is 1. The van der Waals surface area contributed by atoms with E-state index >= 15 is 0 Å². The number of aryl methyl sites for hydroxylation is 1. The van der Waals surface area contributed by atoms with Crippen molar-refractivity contribution < 1.29 is 17.9 Å². The van der Waals surface area contributed by atoms with E-state index in [1.807, 2.05) is 31.2 Å². The fraction of sp³-hybridized carbons (Fsp3) is 0.269. The molecule has 3 aromatic rings. The lowest BCUT2D eigenvalue weighted by atomic mass is 9.87.